The van der Waals surface area contributed by atoms with E-state index in [1.165, 1.54) is 12.8 Å². The molecule has 0 amide bonds. The highest BCUT2D eigenvalue weighted by atomic mass is 16.4. The molecule has 21 heavy (non-hydrogen) atoms. The number of amidine groups is 1. The number of hydrogen-bond donors (Lipinski definition) is 2. The molecule has 1 aromatic rings. The Morgan fingerprint density at radius 1 is 1.38 bits per heavy atom. The van der Waals surface area contributed by atoms with Crippen LogP contribution in [-0.2, 0) is 0 Å². The highest BCUT2D eigenvalue weighted by molar-refractivity contribution is 6.01. The number of pyridine rings is 1. The lowest BCUT2D eigenvalue weighted by molar-refractivity contribution is 0.318. The van der Waals surface area contributed by atoms with Crippen molar-refractivity contribution < 1.29 is 5.21 Å². The van der Waals surface area contributed by atoms with Crippen molar-refractivity contribution in [1.82, 2.24) is 4.98 Å². The summed E-state index contributed by atoms with van der Waals surface area (Å²) in [4.78, 5) is 6.91. The normalized spacial score (nSPS) is 20.7. The lowest BCUT2D eigenvalue weighted by atomic mass is 9.89. The van der Waals surface area contributed by atoms with Crippen molar-refractivity contribution in [1.29, 1.82) is 0 Å². The topological polar surface area (TPSA) is 74.7 Å². The molecule has 0 aliphatic carbocycles. The smallest absolute Gasteiger partial charge is 0.173 e. The van der Waals surface area contributed by atoms with Crippen molar-refractivity contribution in [3.05, 3.63) is 23.4 Å². The maximum absolute atomic E-state index is 8.97. The highest BCUT2D eigenvalue weighted by Gasteiger charge is 2.22. The van der Waals surface area contributed by atoms with E-state index < -0.39 is 0 Å². The van der Waals surface area contributed by atoms with Crippen LogP contribution in [0.25, 0.3) is 0 Å². The average molecular weight is 290 g/mol. The Balaban J connectivity index is 2.27. The average Bonchev–Trinajstić information content (AvgIpc) is 2.72. The molecule has 0 saturated carbocycles. The number of nitrogens with two attached hydrogens (primary N) is 1. The van der Waals surface area contributed by atoms with Crippen LogP contribution in [0.5, 0.6) is 0 Å². The van der Waals surface area contributed by atoms with Crippen molar-refractivity contribution in [2.45, 2.75) is 40.0 Å². The van der Waals surface area contributed by atoms with E-state index in [0.29, 0.717) is 5.56 Å². The van der Waals surface area contributed by atoms with Gasteiger partial charge in [0.25, 0.3) is 0 Å². The van der Waals surface area contributed by atoms with E-state index in [0.717, 1.165) is 42.9 Å². The fourth-order valence-corrected chi connectivity index (χ4v) is 3.04. The van der Waals surface area contributed by atoms with Gasteiger partial charge in [-0.2, -0.15) is 0 Å². The lowest BCUT2D eigenvalue weighted by Crippen LogP contribution is -2.29. The third-order valence-electron chi connectivity index (χ3n) is 4.41. The van der Waals surface area contributed by atoms with E-state index in [1.54, 1.807) is 0 Å². The molecule has 1 atom stereocenters. The zero-order valence-corrected chi connectivity index (χ0v) is 13.2. The van der Waals surface area contributed by atoms with Gasteiger partial charge >= 0.3 is 0 Å². The number of aromatic nitrogens is 1. The van der Waals surface area contributed by atoms with Crippen LogP contribution in [-0.4, -0.2) is 29.1 Å². The molecule has 0 aromatic carbocycles. The summed E-state index contributed by atoms with van der Waals surface area (Å²) in [7, 11) is 0. The molecule has 0 radical (unpaired) electrons. The van der Waals surface area contributed by atoms with Gasteiger partial charge < -0.3 is 15.8 Å². The van der Waals surface area contributed by atoms with Crippen LogP contribution in [0, 0.1) is 18.8 Å². The predicted octanol–water partition coefficient (Wildman–Crippen LogP) is 2.75. The third kappa shape index (κ3) is 3.65. The van der Waals surface area contributed by atoms with E-state index in [-0.39, 0.29) is 5.84 Å². The minimum absolute atomic E-state index is 0.127. The van der Waals surface area contributed by atoms with E-state index in [4.69, 9.17) is 10.9 Å². The SMILES string of the molecule is Cc1ccc(C(N)=NO)c(N2CCCC(C(C)C)CC2)n1. The predicted molar refractivity (Wildman–Crippen MR) is 85.9 cm³/mol. The summed E-state index contributed by atoms with van der Waals surface area (Å²) < 4.78 is 0. The molecular formula is C16H26N4O. The summed E-state index contributed by atoms with van der Waals surface area (Å²) in [6.07, 6.45) is 3.59. The van der Waals surface area contributed by atoms with Gasteiger partial charge in [-0.3, -0.25) is 0 Å². The van der Waals surface area contributed by atoms with Crippen LogP contribution in [0.4, 0.5) is 5.82 Å². The van der Waals surface area contributed by atoms with Crippen molar-refractivity contribution >= 4 is 11.7 Å². The van der Waals surface area contributed by atoms with Gasteiger partial charge in [-0.15, -0.1) is 0 Å². The molecule has 1 saturated heterocycles. The second kappa shape index (κ2) is 6.78. The molecule has 3 N–H and O–H groups in total. The van der Waals surface area contributed by atoms with Crippen LogP contribution >= 0.6 is 0 Å². The van der Waals surface area contributed by atoms with E-state index in [2.05, 4.69) is 28.9 Å². The highest BCUT2D eigenvalue weighted by Crippen LogP contribution is 2.28. The number of anilines is 1. The Morgan fingerprint density at radius 2 is 2.14 bits per heavy atom. The van der Waals surface area contributed by atoms with E-state index in [9.17, 15) is 0 Å². The van der Waals surface area contributed by atoms with Gasteiger partial charge in [-0.1, -0.05) is 19.0 Å². The summed E-state index contributed by atoms with van der Waals surface area (Å²) in [6, 6.07) is 3.78. The standard InChI is InChI=1S/C16H26N4O/c1-11(2)13-5-4-9-20(10-8-13)16-14(15(17)19-21)7-6-12(3)18-16/h6-7,11,13,21H,4-5,8-10H2,1-3H3,(H2,17,19). The molecule has 1 aliphatic rings. The fourth-order valence-electron chi connectivity index (χ4n) is 3.04. The van der Waals surface area contributed by atoms with Crippen molar-refractivity contribution in [2.75, 3.05) is 18.0 Å². The maximum Gasteiger partial charge on any atom is 0.173 e. The fraction of sp³-hybridized carbons (Fsp3) is 0.625. The second-order valence-corrected chi connectivity index (χ2v) is 6.23. The Kier molecular flexibility index (Phi) is 5.04. The summed E-state index contributed by atoms with van der Waals surface area (Å²) in [6.45, 7) is 8.52. The van der Waals surface area contributed by atoms with Crippen molar-refractivity contribution in [3.8, 4) is 0 Å². The number of nitrogens with zero attached hydrogens (tertiary/aromatic N) is 3. The molecule has 116 valence electrons. The monoisotopic (exact) mass is 290 g/mol. The second-order valence-electron chi connectivity index (χ2n) is 6.23. The maximum atomic E-state index is 8.97. The molecule has 1 fully saturated rings. The van der Waals surface area contributed by atoms with Gasteiger partial charge in [0.1, 0.15) is 5.82 Å². The molecule has 2 heterocycles. The first-order chi connectivity index (χ1) is 10.0. The zero-order chi connectivity index (χ0) is 15.4. The lowest BCUT2D eigenvalue weighted by Gasteiger charge is -2.25. The molecule has 0 bridgehead atoms. The van der Waals surface area contributed by atoms with Crippen LogP contribution in [0.1, 0.15) is 44.4 Å². The Morgan fingerprint density at radius 3 is 2.81 bits per heavy atom. The summed E-state index contributed by atoms with van der Waals surface area (Å²) in [5.74, 6) is 2.46. The summed E-state index contributed by atoms with van der Waals surface area (Å²) in [5.41, 5.74) is 7.46. The molecular weight excluding hydrogens is 264 g/mol. The first-order valence-corrected chi connectivity index (χ1v) is 7.73. The zero-order valence-electron chi connectivity index (χ0n) is 13.2. The number of oxime groups is 1. The third-order valence-corrected chi connectivity index (χ3v) is 4.41. The summed E-state index contributed by atoms with van der Waals surface area (Å²) in [5, 5.41) is 12.1. The Bertz CT molecular complexity index is 513. The van der Waals surface area contributed by atoms with Gasteiger partial charge in [0.05, 0.1) is 5.56 Å². The quantitative estimate of drug-likeness (QED) is 0.388. The minimum atomic E-state index is 0.127. The van der Waals surface area contributed by atoms with Crippen LogP contribution in [0.15, 0.2) is 17.3 Å². The largest absolute Gasteiger partial charge is 0.409 e. The van der Waals surface area contributed by atoms with Gasteiger partial charge in [0.2, 0.25) is 0 Å². The molecule has 1 aromatic heterocycles. The Hall–Kier alpha value is -1.78. The molecule has 1 aliphatic heterocycles. The van der Waals surface area contributed by atoms with Gasteiger partial charge in [0.15, 0.2) is 5.84 Å². The number of hydrogen-bond acceptors (Lipinski definition) is 4. The summed E-state index contributed by atoms with van der Waals surface area (Å²) >= 11 is 0. The Labute approximate surface area is 126 Å². The van der Waals surface area contributed by atoms with Crippen molar-refractivity contribution in [3.63, 3.8) is 0 Å². The van der Waals surface area contributed by atoms with Crippen molar-refractivity contribution in [2.24, 2.45) is 22.7 Å². The first-order valence-electron chi connectivity index (χ1n) is 7.73. The minimum Gasteiger partial charge on any atom is -0.409 e. The molecule has 5 nitrogen and oxygen atoms in total. The molecule has 0 spiro atoms. The van der Waals surface area contributed by atoms with Crippen LogP contribution in [0.2, 0.25) is 0 Å². The van der Waals surface area contributed by atoms with Gasteiger partial charge in [-0.05, 0) is 50.2 Å². The van der Waals surface area contributed by atoms with Gasteiger partial charge in [-0.25, -0.2) is 4.98 Å². The van der Waals surface area contributed by atoms with Crippen LogP contribution in [0.3, 0.4) is 0 Å². The van der Waals surface area contributed by atoms with E-state index >= 15 is 0 Å². The first kappa shape index (κ1) is 15.6. The molecule has 5 heteroatoms. The molecule has 2 rings (SSSR count). The van der Waals surface area contributed by atoms with Gasteiger partial charge in [0, 0.05) is 18.8 Å². The van der Waals surface area contributed by atoms with E-state index in [1.807, 2.05) is 19.1 Å². The number of aryl methyl sites for hydroxylation is 1. The van der Waals surface area contributed by atoms with Crippen LogP contribution < -0.4 is 10.6 Å². The molecule has 1 unspecified atom stereocenters. The number of rotatable bonds is 3.